The maximum atomic E-state index is 5.42. The predicted molar refractivity (Wildman–Crippen MR) is 58.5 cm³/mol. The highest BCUT2D eigenvalue weighted by Crippen LogP contribution is 2.28. The van der Waals surface area contributed by atoms with Crippen LogP contribution in [0.4, 0.5) is 0 Å². The Morgan fingerprint density at radius 2 is 2.43 bits per heavy atom. The van der Waals surface area contributed by atoms with Crippen LogP contribution in [0.5, 0.6) is 5.88 Å². The van der Waals surface area contributed by atoms with E-state index in [1.54, 1.807) is 6.08 Å². The van der Waals surface area contributed by atoms with Gasteiger partial charge in [-0.1, -0.05) is 19.4 Å². The van der Waals surface area contributed by atoms with Gasteiger partial charge in [0.15, 0.2) is 5.76 Å². The van der Waals surface area contributed by atoms with Crippen LogP contribution >= 0.6 is 15.9 Å². The molecule has 3 nitrogen and oxygen atoms in total. The van der Waals surface area contributed by atoms with Gasteiger partial charge >= 0.3 is 0 Å². The Morgan fingerprint density at radius 3 is 3.07 bits per heavy atom. The zero-order valence-electron chi connectivity index (χ0n) is 8.25. The van der Waals surface area contributed by atoms with Crippen LogP contribution in [0.1, 0.15) is 25.5 Å². The van der Waals surface area contributed by atoms with Gasteiger partial charge in [-0.15, -0.1) is 6.58 Å². The third kappa shape index (κ3) is 2.87. The van der Waals surface area contributed by atoms with Crippen molar-refractivity contribution in [3.05, 3.63) is 22.9 Å². The maximum absolute atomic E-state index is 5.42. The van der Waals surface area contributed by atoms with Crippen LogP contribution in [-0.4, -0.2) is 11.8 Å². The molecule has 1 rings (SSSR count). The molecule has 4 heteroatoms. The van der Waals surface area contributed by atoms with E-state index in [4.69, 9.17) is 9.26 Å². The number of nitrogens with zero attached hydrogens (tertiary/aromatic N) is 1. The molecule has 0 spiro atoms. The van der Waals surface area contributed by atoms with Crippen molar-refractivity contribution in [2.45, 2.75) is 26.2 Å². The second-order valence-electron chi connectivity index (χ2n) is 2.92. The molecular weight excluding hydrogens is 246 g/mol. The zero-order valence-corrected chi connectivity index (χ0v) is 9.84. The highest BCUT2D eigenvalue weighted by molar-refractivity contribution is 9.10. The van der Waals surface area contributed by atoms with Crippen LogP contribution in [0.25, 0.3) is 0 Å². The largest absolute Gasteiger partial charge is 0.475 e. The summed E-state index contributed by atoms with van der Waals surface area (Å²) in [5.74, 6) is 1.29. The minimum Gasteiger partial charge on any atom is -0.475 e. The van der Waals surface area contributed by atoms with Gasteiger partial charge in [-0.3, -0.25) is 0 Å². The molecule has 0 aliphatic carbocycles. The molecule has 0 bridgehead atoms. The van der Waals surface area contributed by atoms with Gasteiger partial charge in [-0.25, -0.2) is 0 Å². The Kier molecular flexibility index (Phi) is 4.73. The van der Waals surface area contributed by atoms with E-state index in [2.05, 4.69) is 34.6 Å². The van der Waals surface area contributed by atoms with Gasteiger partial charge in [0.25, 0.3) is 5.88 Å². The Labute approximate surface area is 92.2 Å². The summed E-state index contributed by atoms with van der Waals surface area (Å²) < 4.78 is 11.3. The molecule has 0 unspecified atom stereocenters. The van der Waals surface area contributed by atoms with Gasteiger partial charge in [0, 0.05) is 6.42 Å². The summed E-state index contributed by atoms with van der Waals surface area (Å²) in [6, 6.07) is 0. The van der Waals surface area contributed by atoms with Gasteiger partial charge in [0.05, 0.1) is 6.61 Å². The fraction of sp³-hybridized carbons (Fsp3) is 0.500. The first kappa shape index (κ1) is 11.3. The fourth-order valence-electron chi connectivity index (χ4n) is 0.957. The number of unbranched alkanes of at least 4 members (excludes halogenated alkanes) is 1. The minimum absolute atomic E-state index is 0.537. The highest BCUT2D eigenvalue weighted by Gasteiger charge is 2.12. The molecular formula is C10H14BrNO2. The van der Waals surface area contributed by atoms with Gasteiger partial charge in [-0.05, 0) is 27.5 Å². The third-order valence-electron chi connectivity index (χ3n) is 1.74. The molecule has 0 atom stereocenters. The molecule has 78 valence electrons. The van der Waals surface area contributed by atoms with Crippen molar-refractivity contribution in [3.8, 4) is 5.88 Å². The van der Waals surface area contributed by atoms with Crippen molar-refractivity contribution in [2.24, 2.45) is 0 Å². The first-order valence-corrected chi connectivity index (χ1v) is 5.46. The van der Waals surface area contributed by atoms with Crippen molar-refractivity contribution in [1.29, 1.82) is 0 Å². The van der Waals surface area contributed by atoms with Gasteiger partial charge in [0.1, 0.15) is 4.47 Å². The standard InChI is InChI=1S/C10H14BrNO2/c1-3-5-7-13-10-9(11)8(6-4-2)14-12-10/h4H,2-3,5-7H2,1H3. The SMILES string of the molecule is C=CCc1onc(OCCCC)c1Br. The summed E-state index contributed by atoms with van der Waals surface area (Å²) in [6.07, 6.45) is 4.55. The molecule has 0 aliphatic rings. The first-order chi connectivity index (χ1) is 6.79. The molecule has 0 radical (unpaired) electrons. The maximum Gasteiger partial charge on any atom is 0.268 e. The van der Waals surface area contributed by atoms with Crippen molar-refractivity contribution in [3.63, 3.8) is 0 Å². The van der Waals surface area contributed by atoms with E-state index in [1.165, 1.54) is 0 Å². The van der Waals surface area contributed by atoms with Gasteiger partial charge < -0.3 is 9.26 Å². The monoisotopic (exact) mass is 259 g/mol. The molecule has 0 aliphatic heterocycles. The van der Waals surface area contributed by atoms with Crippen LogP contribution in [0, 0.1) is 0 Å². The number of aromatic nitrogens is 1. The van der Waals surface area contributed by atoms with Crippen molar-refractivity contribution < 1.29 is 9.26 Å². The molecule has 1 heterocycles. The van der Waals surface area contributed by atoms with Crippen LogP contribution < -0.4 is 4.74 Å². The van der Waals surface area contributed by atoms with Crippen LogP contribution in [0.15, 0.2) is 21.7 Å². The molecule has 1 aromatic heterocycles. The van der Waals surface area contributed by atoms with Crippen LogP contribution in [0.2, 0.25) is 0 Å². The Balaban J connectivity index is 2.55. The number of ether oxygens (including phenoxy) is 1. The van der Waals surface area contributed by atoms with E-state index < -0.39 is 0 Å². The van der Waals surface area contributed by atoms with E-state index in [0.717, 1.165) is 23.1 Å². The summed E-state index contributed by atoms with van der Waals surface area (Å²) in [5.41, 5.74) is 0. The summed E-state index contributed by atoms with van der Waals surface area (Å²) in [7, 11) is 0. The first-order valence-electron chi connectivity index (χ1n) is 4.67. The lowest BCUT2D eigenvalue weighted by atomic mass is 10.3. The van der Waals surface area contributed by atoms with E-state index >= 15 is 0 Å². The molecule has 1 aromatic rings. The number of rotatable bonds is 6. The molecule has 0 aromatic carbocycles. The smallest absolute Gasteiger partial charge is 0.268 e. The van der Waals surface area contributed by atoms with Crippen molar-refractivity contribution in [1.82, 2.24) is 5.16 Å². The summed E-state index contributed by atoms with van der Waals surface area (Å²) in [6.45, 7) is 6.42. The fourth-order valence-corrected chi connectivity index (χ4v) is 1.38. The quantitative estimate of drug-likeness (QED) is 0.581. The average molecular weight is 260 g/mol. The lowest BCUT2D eigenvalue weighted by Gasteiger charge is -1.99. The van der Waals surface area contributed by atoms with E-state index in [9.17, 15) is 0 Å². The van der Waals surface area contributed by atoms with E-state index in [1.807, 2.05) is 0 Å². The minimum atomic E-state index is 0.537. The number of hydrogen-bond donors (Lipinski definition) is 0. The molecule has 0 saturated carbocycles. The van der Waals surface area contributed by atoms with Crippen molar-refractivity contribution in [2.75, 3.05) is 6.61 Å². The highest BCUT2D eigenvalue weighted by atomic mass is 79.9. The van der Waals surface area contributed by atoms with Gasteiger partial charge in [0.2, 0.25) is 0 Å². The second-order valence-corrected chi connectivity index (χ2v) is 3.71. The number of allylic oxidation sites excluding steroid dienone is 1. The number of halogens is 1. The summed E-state index contributed by atoms with van der Waals surface area (Å²) in [4.78, 5) is 0. The Bertz CT molecular complexity index is 296. The molecule has 0 amide bonds. The normalized spacial score (nSPS) is 10.1. The summed E-state index contributed by atoms with van der Waals surface area (Å²) in [5, 5.41) is 3.81. The Hall–Kier alpha value is -0.770. The molecule has 14 heavy (non-hydrogen) atoms. The molecule has 0 N–H and O–H groups in total. The van der Waals surface area contributed by atoms with Gasteiger partial charge in [-0.2, -0.15) is 0 Å². The zero-order chi connectivity index (χ0) is 10.4. The lowest BCUT2D eigenvalue weighted by Crippen LogP contribution is -1.96. The van der Waals surface area contributed by atoms with Crippen molar-refractivity contribution >= 4 is 15.9 Å². The molecule has 0 fully saturated rings. The average Bonchev–Trinajstić information content (AvgIpc) is 2.51. The number of hydrogen-bond acceptors (Lipinski definition) is 3. The van der Waals surface area contributed by atoms with Crippen LogP contribution in [-0.2, 0) is 6.42 Å². The second kappa shape index (κ2) is 5.86. The topological polar surface area (TPSA) is 35.3 Å². The van der Waals surface area contributed by atoms with Crippen LogP contribution in [0.3, 0.4) is 0 Å². The predicted octanol–water partition coefficient (Wildman–Crippen LogP) is 3.34. The van der Waals surface area contributed by atoms with E-state index in [0.29, 0.717) is 18.9 Å². The third-order valence-corrected chi connectivity index (χ3v) is 2.52. The molecule has 0 saturated heterocycles. The summed E-state index contributed by atoms with van der Waals surface area (Å²) >= 11 is 3.38. The lowest BCUT2D eigenvalue weighted by molar-refractivity contribution is 0.270. The Morgan fingerprint density at radius 1 is 1.64 bits per heavy atom. The van der Waals surface area contributed by atoms with E-state index in [-0.39, 0.29) is 0 Å².